The van der Waals surface area contributed by atoms with E-state index in [2.05, 4.69) is 5.43 Å². The van der Waals surface area contributed by atoms with Crippen LogP contribution in [0.25, 0.3) is 0 Å². The predicted molar refractivity (Wildman–Crippen MR) is 120 cm³/mol. The van der Waals surface area contributed by atoms with Gasteiger partial charge < -0.3 is 4.74 Å². The third-order valence-corrected chi connectivity index (χ3v) is 5.02. The summed E-state index contributed by atoms with van der Waals surface area (Å²) in [5, 5.41) is 1.41. The number of aryl methyl sites for hydroxylation is 2. The highest BCUT2D eigenvalue weighted by Gasteiger charge is 2.30. The smallest absolute Gasteiger partial charge is 0.272 e. The number of methoxy groups -OCH3 is 1. The molecule has 0 heterocycles. The van der Waals surface area contributed by atoms with Crippen molar-refractivity contribution in [3.63, 3.8) is 0 Å². The first-order valence-electron chi connectivity index (χ1n) is 9.47. The Morgan fingerprint density at radius 3 is 2.24 bits per heavy atom. The first-order chi connectivity index (χ1) is 13.6. The summed E-state index contributed by atoms with van der Waals surface area (Å²) < 4.78 is 5.43. The Bertz CT molecular complexity index is 883. The number of rotatable bonds is 5. The van der Waals surface area contributed by atoms with Gasteiger partial charge in [-0.2, -0.15) is 11.8 Å². The minimum atomic E-state index is -0.608. The van der Waals surface area contributed by atoms with Gasteiger partial charge in [-0.25, -0.2) is 5.01 Å². The minimum Gasteiger partial charge on any atom is -0.496 e. The van der Waals surface area contributed by atoms with Crippen molar-refractivity contribution in [2.45, 2.75) is 45.9 Å². The van der Waals surface area contributed by atoms with Crippen molar-refractivity contribution in [2.75, 3.05) is 13.4 Å². The van der Waals surface area contributed by atoms with Crippen molar-refractivity contribution in [1.29, 1.82) is 0 Å². The fraction of sp³-hybridized carbons (Fsp3) is 0.391. The number of nitrogens with zero attached hydrogens (tertiary/aromatic N) is 1. The molecule has 0 saturated carbocycles. The largest absolute Gasteiger partial charge is 0.496 e. The van der Waals surface area contributed by atoms with Gasteiger partial charge >= 0.3 is 0 Å². The van der Waals surface area contributed by atoms with Gasteiger partial charge in [-0.3, -0.25) is 15.0 Å². The summed E-state index contributed by atoms with van der Waals surface area (Å²) in [7, 11) is 1.59. The van der Waals surface area contributed by atoms with Crippen LogP contribution < -0.4 is 10.2 Å². The number of amides is 2. The molecule has 0 atom stereocenters. The van der Waals surface area contributed by atoms with E-state index in [-0.39, 0.29) is 11.8 Å². The maximum absolute atomic E-state index is 13.3. The zero-order chi connectivity index (χ0) is 21.8. The molecule has 2 aromatic carbocycles. The normalized spacial score (nSPS) is 11.1. The zero-order valence-electron chi connectivity index (χ0n) is 18.3. The SMILES string of the molecule is COc1cccc(C(=O)NN(C(=O)c2cc(C)cc(C)c2)C(C)(C)C)c1CSC. The van der Waals surface area contributed by atoms with Crippen LogP contribution in [0.15, 0.2) is 36.4 Å². The molecule has 6 heteroatoms. The molecule has 2 rings (SSSR count). The lowest BCUT2D eigenvalue weighted by Gasteiger charge is -2.36. The van der Waals surface area contributed by atoms with Gasteiger partial charge in [-0.15, -0.1) is 0 Å². The molecule has 2 aromatic rings. The second kappa shape index (κ2) is 9.35. The lowest BCUT2D eigenvalue weighted by atomic mass is 10.0. The number of thioether (sulfide) groups is 1. The highest BCUT2D eigenvalue weighted by molar-refractivity contribution is 7.97. The quantitative estimate of drug-likeness (QED) is 0.717. The van der Waals surface area contributed by atoms with Crippen molar-refractivity contribution in [2.24, 2.45) is 0 Å². The number of carbonyl (C=O) groups excluding carboxylic acids is 2. The van der Waals surface area contributed by atoms with E-state index in [4.69, 9.17) is 4.74 Å². The number of ether oxygens (including phenoxy) is 1. The van der Waals surface area contributed by atoms with Gasteiger partial charge in [0.2, 0.25) is 0 Å². The summed E-state index contributed by atoms with van der Waals surface area (Å²) in [6.07, 6.45) is 1.97. The van der Waals surface area contributed by atoms with Gasteiger partial charge in [0.15, 0.2) is 0 Å². The summed E-state index contributed by atoms with van der Waals surface area (Å²) >= 11 is 1.61. The van der Waals surface area contributed by atoms with Crippen LogP contribution in [0.3, 0.4) is 0 Å². The minimum absolute atomic E-state index is 0.244. The summed E-state index contributed by atoms with van der Waals surface area (Å²) in [4.78, 5) is 26.4. The van der Waals surface area contributed by atoms with Gasteiger partial charge in [-0.05, 0) is 65.1 Å². The monoisotopic (exact) mass is 414 g/mol. The highest BCUT2D eigenvalue weighted by atomic mass is 32.2. The van der Waals surface area contributed by atoms with Crippen LogP contribution >= 0.6 is 11.8 Å². The van der Waals surface area contributed by atoms with Gasteiger partial charge in [0, 0.05) is 22.4 Å². The number of nitrogens with one attached hydrogen (secondary N) is 1. The Morgan fingerprint density at radius 2 is 1.72 bits per heavy atom. The van der Waals surface area contributed by atoms with Gasteiger partial charge in [-0.1, -0.05) is 23.3 Å². The Balaban J connectivity index is 2.41. The van der Waals surface area contributed by atoms with E-state index in [9.17, 15) is 9.59 Å². The molecule has 0 saturated heterocycles. The maximum Gasteiger partial charge on any atom is 0.272 e. The summed E-state index contributed by atoms with van der Waals surface area (Å²) in [6.45, 7) is 9.58. The Labute approximate surface area is 177 Å². The Kier molecular flexibility index (Phi) is 7.36. The third-order valence-electron chi connectivity index (χ3n) is 4.44. The molecule has 156 valence electrons. The number of benzene rings is 2. The van der Waals surface area contributed by atoms with Crippen LogP contribution in [0, 0.1) is 13.8 Å². The number of carbonyl (C=O) groups is 2. The summed E-state index contributed by atoms with van der Waals surface area (Å²) in [6, 6.07) is 11.1. The molecular weight excluding hydrogens is 384 g/mol. The van der Waals surface area contributed by atoms with Gasteiger partial charge in [0.25, 0.3) is 11.8 Å². The molecule has 0 aliphatic heterocycles. The Morgan fingerprint density at radius 1 is 1.10 bits per heavy atom. The van der Waals surface area contributed by atoms with E-state index in [0.717, 1.165) is 16.7 Å². The molecule has 0 aliphatic carbocycles. The molecule has 0 bridgehead atoms. The molecule has 1 N–H and O–H groups in total. The number of hydrazine groups is 1. The molecule has 0 spiro atoms. The van der Waals surface area contributed by atoms with Gasteiger partial charge in [0.05, 0.1) is 12.6 Å². The first kappa shape index (κ1) is 22.8. The number of hydrogen-bond acceptors (Lipinski definition) is 4. The fourth-order valence-corrected chi connectivity index (χ4v) is 3.76. The average molecular weight is 415 g/mol. The molecule has 0 unspecified atom stereocenters. The molecular formula is C23H30N2O3S. The van der Waals surface area contributed by atoms with Crippen LogP contribution in [0.5, 0.6) is 5.75 Å². The van der Waals surface area contributed by atoms with Crippen LogP contribution in [0.2, 0.25) is 0 Å². The van der Waals surface area contributed by atoms with E-state index in [1.54, 1.807) is 31.0 Å². The summed E-state index contributed by atoms with van der Waals surface area (Å²) in [5.41, 5.74) is 6.10. The third kappa shape index (κ3) is 5.54. The van der Waals surface area contributed by atoms with Crippen molar-refractivity contribution >= 4 is 23.6 Å². The second-order valence-corrected chi connectivity index (χ2v) is 8.91. The molecule has 0 aromatic heterocycles. The van der Waals surface area contributed by atoms with Crippen LogP contribution in [-0.2, 0) is 5.75 Å². The van der Waals surface area contributed by atoms with E-state index < -0.39 is 5.54 Å². The molecule has 29 heavy (non-hydrogen) atoms. The van der Waals surface area contributed by atoms with Crippen molar-refractivity contribution in [3.8, 4) is 5.75 Å². The molecule has 0 aliphatic rings. The number of hydrogen-bond donors (Lipinski definition) is 1. The maximum atomic E-state index is 13.3. The topological polar surface area (TPSA) is 58.6 Å². The lowest BCUT2D eigenvalue weighted by molar-refractivity contribution is 0.0358. The second-order valence-electron chi connectivity index (χ2n) is 8.05. The van der Waals surface area contributed by atoms with E-state index >= 15 is 0 Å². The zero-order valence-corrected chi connectivity index (χ0v) is 19.1. The summed E-state index contributed by atoms with van der Waals surface area (Å²) in [5.74, 6) is 0.718. The molecule has 0 fully saturated rings. The van der Waals surface area contributed by atoms with Crippen molar-refractivity contribution in [1.82, 2.24) is 10.4 Å². The fourth-order valence-electron chi connectivity index (χ4n) is 3.17. The molecule has 5 nitrogen and oxygen atoms in total. The van der Waals surface area contributed by atoms with Crippen LogP contribution in [0.1, 0.15) is 58.2 Å². The van der Waals surface area contributed by atoms with Crippen LogP contribution in [-0.4, -0.2) is 35.7 Å². The van der Waals surface area contributed by atoms with Gasteiger partial charge in [0.1, 0.15) is 5.75 Å². The molecule has 2 amide bonds. The first-order valence-corrected chi connectivity index (χ1v) is 10.9. The van der Waals surface area contributed by atoms with Crippen molar-refractivity contribution < 1.29 is 14.3 Å². The standard InChI is InChI=1S/C23H30N2O3S/c1-15-11-16(2)13-17(12-15)22(27)25(23(3,4)5)24-21(26)18-9-8-10-20(28-6)19(18)14-29-7/h8-13H,14H2,1-7H3,(H,24,26). The molecule has 0 radical (unpaired) electrons. The Hall–Kier alpha value is -2.47. The highest BCUT2D eigenvalue weighted by Crippen LogP contribution is 2.26. The van der Waals surface area contributed by atoms with Crippen molar-refractivity contribution in [3.05, 3.63) is 64.2 Å². The predicted octanol–water partition coefficient (Wildman–Crippen LogP) is 4.76. The van der Waals surface area contributed by atoms with E-state index in [1.807, 2.05) is 65.1 Å². The lowest BCUT2D eigenvalue weighted by Crippen LogP contribution is -2.56. The van der Waals surface area contributed by atoms with E-state index in [1.165, 1.54) is 5.01 Å². The van der Waals surface area contributed by atoms with E-state index in [0.29, 0.717) is 22.6 Å². The average Bonchev–Trinajstić information content (AvgIpc) is 2.64. The van der Waals surface area contributed by atoms with Crippen LogP contribution in [0.4, 0.5) is 0 Å².